The highest BCUT2D eigenvalue weighted by Crippen LogP contribution is 2.34. The number of sulfonamides is 1. The van der Waals surface area contributed by atoms with Gasteiger partial charge in [0.25, 0.3) is 15.9 Å². The molecule has 9 nitrogen and oxygen atoms in total. The van der Waals surface area contributed by atoms with Crippen LogP contribution in [0.2, 0.25) is 0 Å². The Kier molecular flexibility index (Phi) is 7.86. The zero-order valence-corrected chi connectivity index (χ0v) is 22.6. The third-order valence-corrected chi connectivity index (χ3v) is 7.55. The number of halogens is 1. The maximum absolute atomic E-state index is 14.5. The van der Waals surface area contributed by atoms with Gasteiger partial charge in [-0.1, -0.05) is 19.9 Å². The fourth-order valence-corrected chi connectivity index (χ4v) is 5.40. The van der Waals surface area contributed by atoms with Crippen molar-refractivity contribution >= 4 is 27.6 Å². The number of pyridine rings is 2. The fraction of sp³-hybridized carbons (Fsp3) is 0.370. The summed E-state index contributed by atoms with van der Waals surface area (Å²) in [7, 11) is -4.29. The minimum Gasteiger partial charge on any atom is -0.493 e. The van der Waals surface area contributed by atoms with E-state index in [-0.39, 0.29) is 34.4 Å². The van der Waals surface area contributed by atoms with E-state index < -0.39 is 21.7 Å². The Bertz CT molecular complexity index is 1440. The molecule has 0 aliphatic carbocycles. The predicted octanol–water partition coefficient (Wildman–Crippen LogP) is 4.40. The molecule has 0 saturated carbocycles. The highest BCUT2D eigenvalue weighted by atomic mass is 32.2. The number of rotatable bonds is 8. The third-order valence-electron chi connectivity index (χ3n) is 6.31. The Balaban J connectivity index is 1.74. The summed E-state index contributed by atoms with van der Waals surface area (Å²) in [5.41, 5.74) is 6.61. The summed E-state index contributed by atoms with van der Waals surface area (Å²) in [5, 5.41) is -0.367. The van der Waals surface area contributed by atoms with E-state index in [4.69, 9.17) is 15.5 Å². The average molecular weight is 542 g/mol. The van der Waals surface area contributed by atoms with Crippen molar-refractivity contribution in [2.45, 2.75) is 57.6 Å². The molecular weight excluding hydrogens is 509 g/mol. The van der Waals surface area contributed by atoms with Gasteiger partial charge in [0.15, 0.2) is 5.03 Å². The van der Waals surface area contributed by atoms with E-state index in [1.165, 1.54) is 36.4 Å². The molecule has 202 valence electrons. The maximum atomic E-state index is 14.5. The van der Waals surface area contributed by atoms with Crippen LogP contribution in [0.5, 0.6) is 5.75 Å². The molecule has 1 aliphatic heterocycles. The van der Waals surface area contributed by atoms with E-state index >= 15 is 0 Å². The summed E-state index contributed by atoms with van der Waals surface area (Å²) in [6, 6.07) is 11.7. The summed E-state index contributed by atoms with van der Waals surface area (Å²) in [6.07, 6.45) is 1.76. The van der Waals surface area contributed by atoms with Crippen LogP contribution in [-0.4, -0.2) is 43.0 Å². The number of nitrogen functional groups attached to an aromatic ring is 1. The zero-order chi connectivity index (χ0) is 27.6. The number of hydrogen-bond donors (Lipinski definition) is 2. The lowest BCUT2D eigenvalue weighted by Gasteiger charge is -2.29. The molecule has 3 heterocycles. The first-order valence-electron chi connectivity index (χ1n) is 12.5. The van der Waals surface area contributed by atoms with E-state index in [1.54, 1.807) is 12.1 Å². The molecular formula is C27H32FN5O4S. The van der Waals surface area contributed by atoms with Gasteiger partial charge in [0, 0.05) is 23.7 Å². The van der Waals surface area contributed by atoms with Crippen LogP contribution in [0, 0.1) is 11.7 Å². The van der Waals surface area contributed by atoms with Crippen LogP contribution in [-0.2, 0) is 10.0 Å². The van der Waals surface area contributed by atoms with Crippen molar-refractivity contribution in [1.29, 1.82) is 0 Å². The molecule has 0 spiro atoms. The van der Waals surface area contributed by atoms with Crippen molar-refractivity contribution in [3.63, 3.8) is 0 Å². The molecule has 1 saturated heterocycles. The van der Waals surface area contributed by atoms with E-state index in [2.05, 4.69) is 9.71 Å². The molecule has 2 aromatic heterocycles. The summed E-state index contributed by atoms with van der Waals surface area (Å²) >= 11 is 0. The number of carbonyl (C=O) groups excluding carboxylic acids is 1. The molecule has 1 aromatic carbocycles. The van der Waals surface area contributed by atoms with E-state index in [0.29, 0.717) is 29.4 Å². The lowest BCUT2D eigenvalue weighted by Crippen LogP contribution is -2.37. The van der Waals surface area contributed by atoms with Crippen LogP contribution >= 0.6 is 0 Å². The number of aromatic nitrogens is 2. The normalized spacial score (nSPS) is 17.6. The highest BCUT2D eigenvalue weighted by Gasteiger charge is 2.33. The predicted molar refractivity (Wildman–Crippen MR) is 144 cm³/mol. The van der Waals surface area contributed by atoms with E-state index in [9.17, 15) is 17.6 Å². The Hall–Kier alpha value is -3.73. The van der Waals surface area contributed by atoms with Crippen LogP contribution in [0.1, 0.15) is 50.9 Å². The minimum absolute atomic E-state index is 0.0126. The van der Waals surface area contributed by atoms with Gasteiger partial charge in [-0.2, -0.15) is 8.42 Å². The van der Waals surface area contributed by atoms with Crippen LogP contribution in [0.25, 0.3) is 11.3 Å². The number of nitrogens with zero attached hydrogens (tertiary/aromatic N) is 3. The molecule has 11 heteroatoms. The van der Waals surface area contributed by atoms with Crippen molar-refractivity contribution in [3.8, 4) is 17.0 Å². The minimum atomic E-state index is -4.29. The lowest BCUT2D eigenvalue weighted by molar-refractivity contribution is 0.0981. The lowest BCUT2D eigenvalue weighted by atomic mass is 10.1. The number of amides is 1. The Morgan fingerprint density at radius 2 is 1.84 bits per heavy atom. The van der Waals surface area contributed by atoms with Crippen molar-refractivity contribution in [2.75, 3.05) is 17.2 Å². The van der Waals surface area contributed by atoms with Gasteiger partial charge in [-0.3, -0.25) is 4.79 Å². The summed E-state index contributed by atoms with van der Waals surface area (Å²) in [4.78, 5) is 23.9. The molecule has 1 amide bonds. The Labute approximate surface area is 222 Å². The molecule has 0 radical (unpaired) electrons. The van der Waals surface area contributed by atoms with E-state index in [0.717, 1.165) is 12.8 Å². The smallest absolute Gasteiger partial charge is 0.281 e. The standard InChI is InChI=1S/C27H32FN5O4S/c1-16(2)15-37-21-13-19(12-20(28)14-21)23-11-10-22(26(30-23)33-17(3)8-9-18(33)4)27(34)32-38(35,36)25-7-5-6-24(29)31-25/h5-7,10-14,16-18H,8-9,15H2,1-4H3,(H2,29,31)(H,32,34)/t17-,18-/m1/s1. The molecule has 4 rings (SSSR count). The van der Waals surface area contributed by atoms with Crippen LogP contribution in [0.4, 0.5) is 16.0 Å². The second kappa shape index (κ2) is 10.9. The fourth-order valence-electron chi connectivity index (χ4n) is 4.46. The van der Waals surface area contributed by atoms with Gasteiger partial charge < -0.3 is 15.4 Å². The summed E-state index contributed by atoms with van der Waals surface area (Å²) in [6.45, 7) is 8.47. The molecule has 1 aliphatic rings. The number of anilines is 2. The van der Waals surface area contributed by atoms with Gasteiger partial charge in [0.2, 0.25) is 0 Å². The molecule has 2 atom stereocenters. The van der Waals surface area contributed by atoms with Crippen LogP contribution in [0.15, 0.2) is 53.6 Å². The van der Waals surface area contributed by atoms with Gasteiger partial charge in [0.05, 0.1) is 17.9 Å². The van der Waals surface area contributed by atoms with Crippen molar-refractivity contribution < 1.29 is 22.3 Å². The first-order chi connectivity index (χ1) is 17.9. The van der Waals surface area contributed by atoms with Gasteiger partial charge in [-0.25, -0.2) is 19.1 Å². The van der Waals surface area contributed by atoms with Crippen molar-refractivity contribution in [3.05, 3.63) is 59.9 Å². The van der Waals surface area contributed by atoms with Gasteiger partial charge in [-0.05, 0) is 69.0 Å². The Morgan fingerprint density at radius 3 is 2.50 bits per heavy atom. The number of carbonyl (C=O) groups is 1. The van der Waals surface area contributed by atoms with Crippen LogP contribution < -0.4 is 20.1 Å². The molecule has 1 fully saturated rings. The first kappa shape index (κ1) is 27.3. The molecule has 38 heavy (non-hydrogen) atoms. The second-order valence-electron chi connectivity index (χ2n) is 9.97. The molecule has 3 N–H and O–H groups in total. The van der Waals surface area contributed by atoms with E-state index in [1.807, 2.05) is 32.6 Å². The third kappa shape index (κ3) is 6.04. The topological polar surface area (TPSA) is 128 Å². The number of ether oxygens (including phenoxy) is 1. The first-order valence-corrected chi connectivity index (χ1v) is 14.0. The van der Waals surface area contributed by atoms with Gasteiger partial charge >= 0.3 is 0 Å². The monoisotopic (exact) mass is 541 g/mol. The van der Waals surface area contributed by atoms with Crippen molar-refractivity contribution in [2.24, 2.45) is 5.92 Å². The average Bonchev–Trinajstić information content (AvgIpc) is 3.19. The maximum Gasteiger partial charge on any atom is 0.281 e. The zero-order valence-electron chi connectivity index (χ0n) is 21.8. The summed E-state index contributed by atoms with van der Waals surface area (Å²) < 4.78 is 48.0. The molecule has 3 aromatic rings. The number of benzene rings is 1. The van der Waals surface area contributed by atoms with Gasteiger partial charge in [-0.15, -0.1) is 0 Å². The highest BCUT2D eigenvalue weighted by molar-refractivity contribution is 7.90. The second-order valence-corrected chi connectivity index (χ2v) is 11.6. The molecule has 0 bridgehead atoms. The number of nitrogens with one attached hydrogen (secondary N) is 1. The number of nitrogens with two attached hydrogens (primary N) is 1. The quantitative estimate of drug-likeness (QED) is 0.430. The van der Waals surface area contributed by atoms with Crippen molar-refractivity contribution in [1.82, 2.24) is 14.7 Å². The largest absolute Gasteiger partial charge is 0.493 e. The Morgan fingerprint density at radius 1 is 1.13 bits per heavy atom. The van der Waals surface area contributed by atoms with Gasteiger partial charge in [0.1, 0.15) is 23.2 Å². The van der Waals surface area contributed by atoms with Crippen LogP contribution in [0.3, 0.4) is 0 Å². The summed E-state index contributed by atoms with van der Waals surface area (Å²) in [5.74, 6) is -0.353. The molecule has 0 unspecified atom stereocenters. The SMILES string of the molecule is CC(C)COc1cc(F)cc(-c2ccc(C(=O)NS(=O)(=O)c3cccc(N)n3)c(N3[C@H](C)CC[C@H]3C)n2)c1. The number of hydrogen-bond acceptors (Lipinski definition) is 8.